The van der Waals surface area contributed by atoms with Crippen molar-refractivity contribution in [1.29, 1.82) is 0 Å². The molecule has 0 aliphatic heterocycles. The second kappa shape index (κ2) is 6.55. The third kappa shape index (κ3) is 4.00. The van der Waals surface area contributed by atoms with Gasteiger partial charge in [-0.1, -0.05) is 92.8 Å². The zero-order valence-corrected chi connectivity index (χ0v) is 17.4. The topological polar surface area (TPSA) is 0 Å². The minimum Gasteiger partial charge on any atom is -0.0786 e. The quantitative estimate of drug-likeness (QED) is 0.400. The first kappa shape index (κ1) is 17.2. The Hall–Kier alpha value is -0.120. The number of hydrogen-bond donors (Lipinski definition) is 0. The second-order valence-electron chi connectivity index (χ2n) is 6.36. The van der Waals surface area contributed by atoms with Crippen LogP contribution in [0.15, 0.2) is 45.3 Å². The molecule has 0 nitrogen and oxygen atoms in total. The van der Waals surface area contributed by atoms with E-state index in [0.717, 1.165) is 8.95 Å². The van der Waals surface area contributed by atoms with Crippen molar-refractivity contribution >= 4 is 47.8 Å². The number of aryl methyl sites for hydroxylation is 1. The smallest absolute Gasteiger partial charge is 0.0656 e. The van der Waals surface area contributed by atoms with Crippen molar-refractivity contribution in [3.8, 4) is 0 Å². The molecule has 0 amide bonds. The monoisotopic (exact) mass is 472 g/mol. The van der Waals surface area contributed by atoms with Crippen LogP contribution < -0.4 is 0 Å². The lowest BCUT2D eigenvalue weighted by Crippen LogP contribution is -2.10. The van der Waals surface area contributed by atoms with Gasteiger partial charge in [0.25, 0.3) is 0 Å². The lowest BCUT2D eigenvalue weighted by atomic mass is 9.86. The molecule has 0 aromatic heterocycles. The molecule has 2 rings (SSSR count). The zero-order valence-electron chi connectivity index (χ0n) is 12.7. The van der Waals surface area contributed by atoms with Crippen LogP contribution in [0.3, 0.4) is 0 Å². The first-order valence-electron chi connectivity index (χ1n) is 6.90. The standard InChI is InChI=1S/C18H19Br3/c1-11-9-16(20)14(10-15(11)19)17(21)12-5-7-13(8-6-12)18(2,3)4/h5-10,17H,1-4H3. The van der Waals surface area contributed by atoms with E-state index in [1.807, 2.05) is 0 Å². The lowest BCUT2D eigenvalue weighted by molar-refractivity contribution is 0.590. The highest BCUT2D eigenvalue weighted by Crippen LogP contribution is 2.38. The van der Waals surface area contributed by atoms with Crippen molar-refractivity contribution in [1.82, 2.24) is 0 Å². The van der Waals surface area contributed by atoms with Gasteiger partial charge in [0.15, 0.2) is 0 Å². The predicted molar refractivity (Wildman–Crippen MR) is 102 cm³/mol. The average molecular weight is 475 g/mol. The summed E-state index contributed by atoms with van der Waals surface area (Å²) in [7, 11) is 0. The summed E-state index contributed by atoms with van der Waals surface area (Å²) >= 11 is 11.1. The third-order valence-electron chi connectivity index (χ3n) is 3.62. The molecule has 0 heterocycles. The molecular weight excluding hydrogens is 456 g/mol. The van der Waals surface area contributed by atoms with Crippen LogP contribution in [0.25, 0.3) is 0 Å². The van der Waals surface area contributed by atoms with Gasteiger partial charge < -0.3 is 0 Å². The van der Waals surface area contributed by atoms with E-state index in [-0.39, 0.29) is 10.2 Å². The molecule has 2 aromatic carbocycles. The first-order chi connectivity index (χ1) is 9.70. The van der Waals surface area contributed by atoms with Crippen molar-refractivity contribution in [2.24, 2.45) is 0 Å². The average Bonchev–Trinajstić information content (AvgIpc) is 2.41. The van der Waals surface area contributed by atoms with Crippen LogP contribution in [0.2, 0.25) is 0 Å². The maximum absolute atomic E-state index is 3.83. The summed E-state index contributed by atoms with van der Waals surface area (Å²) in [6, 6.07) is 13.2. The Kier molecular flexibility index (Phi) is 5.38. The Labute approximate surface area is 152 Å². The molecule has 2 aromatic rings. The molecule has 0 N–H and O–H groups in total. The van der Waals surface area contributed by atoms with Crippen molar-refractivity contribution in [3.05, 3.63) is 67.6 Å². The number of hydrogen-bond acceptors (Lipinski definition) is 0. The van der Waals surface area contributed by atoms with E-state index in [0.29, 0.717) is 0 Å². The highest BCUT2D eigenvalue weighted by atomic mass is 79.9. The Balaban J connectivity index is 2.36. The number of halogens is 3. The summed E-state index contributed by atoms with van der Waals surface area (Å²) in [5.74, 6) is 0. The molecule has 0 bridgehead atoms. The Bertz CT molecular complexity index is 637. The molecule has 0 spiro atoms. The maximum atomic E-state index is 3.83. The fourth-order valence-corrected chi connectivity index (χ4v) is 4.23. The van der Waals surface area contributed by atoms with Crippen molar-refractivity contribution in [2.45, 2.75) is 37.9 Å². The Morgan fingerprint density at radius 3 is 2.00 bits per heavy atom. The highest BCUT2D eigenvalue weighted by molar-refractivity contribution is 9.11. The fourth-order valence-electron chi connectivity index (χ4n) is 2.19. The Morgan fingerprint density at radius 2 is 1.48 bits per heavy atom. The van der Waals surface area contributed by atoms with Crippen LogP contribution in [0.5, 0.6) is 0 Å². The highest BCUT2D eigenvalue weighted by Gasteiger charge is 2.17. The van der Waals surface area contributed by atoms with Crippen molar-refractivity contribution < 1.29 is 0 Å². The lowest BCUT2D eigenvalue weighted by Gasteiger charge is -2.20. The summed E-state index contributed by atoms with van der Waals surface area (Å²) in [4.78, 5) is 0.179. The molecule has 112 valence electrons. The molecule has 0 aliphatic rings. The van der Waals surface area contributed by atoms with Crippen LogP contribution in [0.1, 0.15) is 47.9 Å². The minimum absolute atomic E-state index is 0.179. The summed E-state index contributed by atoms with van der Waals surface area (Å²) in [6.07, 6.45) is 0. The maximum Gasteiger partial charge on any atom is 0.0656 e. The van der Waals surface area contributed by atoms with E-state index in [2.05, 4.69) is 112 Å². The predicted octanol–water partition coefficient (Wildman–Crippen LogP) is 7.30. The van der Waals surface area contributed by atoms with Gasteiger partial charge in [-0.05, 0) is 46.7 Å². The van der Waals surface area contributed by atoms with Gasteiger partial charge in [0.2, 0.25) is 0 Å². The van der Waals surface area contributed by atoms with Gasteiger partial charge in [0, 0.05) is 8.95 Å². The molecule has 3 heteroatoms. The van der Waals surface area contributed by atoms with E-state index in [1.54, 1.807) is 0 Å². The van der Waals surface area contributed by atoms with E-state index < -0.39 is 0 Å². The first-order valence-corrected chi connectivity index (χ1v) is 9.40. The summed E-state index contributed by atoms with van der Waals surface area (Å²) < 4.78 is 2.27. The SMILES string of the molecule is Cc1cc(Br)c(C(Br)c2ccc(C(C)(C)C)cc2)cc1Br. The van der Waals surface area contributed by atoms with Gasteiger partial charge in [0.1, 0.15) is 0 Å². The zero-order chi connectivity index (χ0) is 15.8. The molecular formula is C18H19Br3. The fraction of sp³-hybridized carbons (Fsp3) is 0.333. The number of benzene rings is 2. The van der Waals surface area contributed by atoms with E-state index in [4.69, 9.17) is 0 Å². The summed E-state index contributed by atoms with van der Waals surface area (Å²) in [5, 5.41) is 0. The van der Waals surface area contributed by atoms with Crippen LogP contribution >= 0.6 is 47.8 Å². The van der Waals surface area contributed by atoms with Crippen molar-refractivity contribution in [2.75, 3.05) is 0 Å². The van der Waals surface area contributed by atoms with Crippen LogP contribution in [-0.2, 0) is 5.41 Å². The molecule has 0 fully saturated rings. The molecule has 0 saturated carbocycles. The number of alkyl halides is 1. The van der Waals surface area contributed by atoms with Crippen LogP contribution in [-0.4, -0.2) is 0 Å². The second-order valence-corrected chi connectivity index (χ2v) is 8.98. The molecule has 0 aliphatic carbocycles. The van der Waals surface area contributed by atoms with Gasteiger partial charge >= 0.3 is 0 Å². The largest absolute Gasteiger partial charge is 0.0786 e. The van der Waals surface area contributed by atoms with Gasteiger partial charge in [-0.25, -0.2) is 0 Å². The van der Waals surface area contributed by atoms with E-state index in [1.165, 1.54) is 22.3 Å². The van der Waals surface area contributed by atoms with Crippen molar-refractivity contribution in [3.63, 3.8) is 0 Å². The molecule has 21 heavy (non-hydrogen) atoms. The van der Waals surface area contributed by atoms with Gasteiger partial charge in [-0.3, -0.25) is 0 Å². The summed E-state index contributed by atoms with van der Waals surface area (Å²) in [5.41, 5.74) is 5.27. The van der Waals surface area contributed by atoms with E-state index >= 15 is 0 Å². The molecule has 0 radical (unpaired) electrons. The third-order valence-corrected chi connectivity index (χ3v) is 6.18. The minimum atomic E-state index is 0.179. The molecule has 1 unspecified atom stereocenters. The van der Waals surface area contributed by atoms with Crippen LogP contribution in [0.4, 0.5) is 0 Å². The van der Waals surface area contributed by atoms with Gasteiger partial charge in [-0.15, -0.1) is 0 Å². The molecule has 0 saturated heterocycles. The van der Waals surface area contributed by atoms with Crippen LogP contribution in [0, 0.1) is 6.92 Å². The normalized spacial score (nSPS) is 13.3. The van der Waals surface area contributed by atoms with E-state index in [9.17, 15) is 0 Å². The molecule has 1 atom stereocenters. The Morgan fingerprint density at radius 1 is 0.905 bits per heavy atom. The number of rotatable bonds is 2. The van der Waals surface area contributed by atoms with Gasteiger partial charge in [-0.2, -0.15) is 0 Å². The summed E-state index contributed by atoms with van der Waals surface area (Å²) in [6.45, 7) is 8.81. The van der Waals surface area contributed by atoms with Gasteiger partial charge in [0.05, 0.1) is 4.83 Å².